The summed E-state index contributed by atoms with van der Waals surface area (Å²) in [4.78, 5) is 40.2. The lowest BCUT2D eigenvalue weighted by atomic mass is 10.0. The van der Waals surface area contributed by atoms with Gasteiger partial charge in [0.2, 0.25) is 5.91 Å². The monoisotopic (exact) mass is 436 g/mol. The molecule has 2 aromatic carbocycles. The quantitative estimate of drug-likeness (QED) is 0.512. The molecule has 0 saturated heterocycles. The van der Waals surface area contributed by atoms with E-state index in [1.165, 1.54) is 0 Å². The fraction of sp³-hybridized carbons (Fsp3) is 0.292. The Morgan fingerprint density at radius 1 is 1.06 bits per heavy atom. The van der Waals surface area contributed by atoms with E-state index in [2.05, 4.69) is 10.6 Å². The second-order valence-corrected chi connectivity index (χ2v) is 7.80. The van der Waals surface area contributed by atoms with Gasteiger partial charge in [-0.1, -0.05) is 6.07 Å². The topological polar surface area (TPSA) is 91.0 Å². The lowest BCUT2D eigenvalue weighted by Crippen LogP contribution is -2.34. The van der Waals surface area contributed by atoms with Gasteiger partial charge in [0.25, 0.3) is 5.91 Å². The molecule has 1 heterocycles. The maximum Gasteiger partial charge on any atom is 0.338 e. The maximum atomic E-state index is 12.6. The Morgan fingerprint density at radius 3 is 2.38 bits per heavy atom. The third-order valence-corrected chi connectivity index (χ3v) is 5.06. The van der Waals surface area contributed by atoms with Crippen molar-refractivity contribution in [3.05, 3.63) is 59.3 Å². The van der Waals surface area contributed by atoms with Gasteiger partial charge < -0.3 is 25.2 Å². The predicted molar refractivity (Wildman–Crippen MR) is 126 cm³/mol. The number of rotatable bonds is 7. The molecule has 8 nitrogen and oxygen atoms in total. The van der Waals surface area contributed by atoms with E-state index in [9.17, 15) is 14.4 Å². The number of benzene rings is 2. The van der Waals surface area contributed by atoms with Crippen LogP contribution in [0.4, 0.5) is 17.1 Å². The minimum Gasteiger partial charge on any atom is -0.462 e. The van der Waals surface area contributed by atoms with Crippen molar-refractivity contribution in [2.75, 3.05) is 49.8 Å². The van der Waals surface area contributed by atoms with Crippen molar-refractivity contribution in [1.82, 2.24) is 4.90 Å². The summed E-state index contributed by atoms with van der Waals surface area (Å²) in [6.07, 6.45) is 0. The van der Waals surface area contributed by atoms with Crippen molar-refractivity contribution in [1.29, 1.82) is 0 Å². The molecule has 0 spiro atoms. The molecule has 1 aliphatic rings. The molecule has 0 aliphatic carbocycles. The standard InChI is InChI=1S/C24H28N4O4/c1-6-32-24(31)16-7-12-19-20(13-16)26-23(30)22(19)15(2)25-17-8-10-18(11-9-17)28(5)21(29)14-27(3)4/h7-13,25H,6,14H2,1-5H3,(H,26,30)/b22-15-. The second kappa shape index (κ2) is 9.65. The van der Waals surface area contributed by atoms with Gasteiger partial charge in [0.05, 0.1) is 30.0 Å². The lowest BCUT2D eigenvalue weighted by molar-refractivity contribution is -0.119. The Kier molecular flexibility index (Phi) is 6.95. The highest BCUT2D eigenvalue weighted by Crippen LogP contribution is 2.35. The number of carbonyl (C=O) groups is 3. The predicted octanol–water partition coefficient (Wildman–Crippen LogP) is 3.18. The summed E-state index contributed by atoms with van der Waals surface area (Å²) in [7, 11) is 5.44. The number of likely N-dealkylation sites (N-methyl/N-ethyl adjacent to an activating group) is 2. The first-order chi connectivity index (χ1) is 15.2. The molecule has 0 aromatic heterocycles. The number of hydrogen-bond donors (Lipinski definition) is 2. The Balaban J connectivity index is 1.79. The number of nitrogens with one attached hydrogen (secondary N) is 2. The first-order valence-electron chi connectivity index (χ1n) is 10.3. The van der Waals surface area contributed by atoms with E-state index in [1.54, 1.807) is 37.1 Å². The van der Waals surface area contributed by atoms with Crippen molar-refractivity contribution in [3.63, 3.8) is 0 Å². The summed E-state index contributed by atoms with van der Waals surface area (Å²) < 4.78 is 5.02. The minimum atomic E-state index is -0.425. The summed E-state index contributed by atoms with van der Waals surface area (Å²) in [5.41, 5.74) is 4.44. The summed E-state index contributed by atoms with van der Waals surface area (Å²) in [5, 5.41) is 6.07. The second-order valence-electron chi connectivity index (χ2n) is 7.80. The first-order valence-corrected chi connectivity index (χ1v) is 10.3. The molecule has 2 N–H and O–H groups in total. The average molecular weight is 437 g/mol. The number of hydrogen-bond acceptors (Lipinski definition) is 6. The molecular formula is C24H28N4O4. The van der Waals surface area contributed by atoms with E-state index in [0.717, 1.165) is 16.9 Å². The molecule has 2 amide bonds. The van der Waals surface area contributed by atoms with E-state index in [1.807, 2.05) is 50.2 Å². The molecular weight excluding hydrogens is 408 g/mol. The minimum absolute atomic E-state index is 0.00423. The van der Waals surface area contributed by atoms with Crippen LogP contribution in [0.15, 0.2) is 48.2 Å². The maximum absolute atomic E-state index is 12.6. The van der Waals surface area contributed by atoms with E-state index in [0.29, 0.717) is 29.1 Å². The van der Waals surface area contributed by atoms with Gasteiger partial charge in [-0.05, 0) is 64.3 Å². The smallest absolute Gasteiger partial charge is 0.338 e. The van der Waals surface area contributed by atoms with E-state index in [4.69, 9.17) is 4.74 Å². The van der Waals surface area contributed by atoms with Gasteiger partial charge in [-0.3, -0.25) is 9.59 Å². The summed E-state index contributed by atoms with van der Waals surface area (Å²) in [6.45, 7) is 4.18. The zero-order chi connectivity index (χ0) is 23.4. The van der Waals surface area contributed by atoms with Gasteiger partial charge in [0, 0.05) is 29.7 Å². The van der Waals surface area contributed by atoms with Crippen LogP contribution >= 0.6 is 0 Å². The Morgan fingerprint density at radius 2 is 1.75 bits per heavy atom. The van der Waals surface area contributed by atoms with Crippen molar-refractivity contribution < 1.29 is 19.1 Å². The van der Waals surface area contributed by atoms with Gasteiger partial charge in [-0.2, -0.15) is 0 Å². The van der Waals surface area contributed by atoms with E-state index in [-0.39, 0.29) is 18.4 Å². The SMILES string of the molecule is CCOC(=O)c1ccc2c(c1)NC(=O)/C2=C(/C)Nc1ccc(N(C)C(=O)CN(C)C)cc1. The number of nitrogens with zero attached hydrogens (tertiary/aromatic N) is 2. The Bertz CT molecular complexity index is 1070. The number of amides is 2. The van der Waals surface area contributed by atoms with Gasteiger partial charge in [0.15, 0.2) is 0 Å². The molecule has 1 aliphatic heterocycles. The van der Waals surface area contributed by atoms with Crippen LogP contribution in [-0.4, -0.2) is 57.0 Å². The van der Waals surface area contributed by atoms with E-state index >= 15 is 0 Å². The van der Waals surface area contributed by atoms with Gasteiger partial charge in [-0.25, -0.2) is 4.79 Å². The van der Waals surface area contributed by atoms with Crippen LogP contribution in [-0.2, 0) is 14.3 Å². The fourth-order valence-corrected chi connectivity index (χ4v) is 3.45. The third-order valence-electron chi connectivity index (χ3n) is 5.06. The molecule has 2 aromatic rings. The Labute approximate surface area is 187 Å². The van der Waals surface area contributed by atoms with Gasteiger partial charge >= 0.3 is 5.97 Å². The zero-order valence-electron chi connectivity index (χ0n) is 19.0. The first kappa shape index (κ1) is 23.0. The number of fused-ring (bicyclic) bond motifs is 1. The zero-order valence-corrected chi connectivity index (χ0v) is 19.0. The van der Waals surface area contributed by atoms with Crippen LogP contribution in [0, 0.1) is 0 Å². The molecule has 0 fully saturated rings. The normalized spacial score (nSPS) is 14.0. The number of allylic oxidation sites excluding steroid dienone is 1. The highest BCUT2D eigenvalue weighted by Gasteiger charge is 2.27. The number of anilines is 3. The lowest BCUT2D eigenvalue weighted by Gasteiger charge is -2.20. The molecule has 3 rings (SSSR count). The van der Waals surface area contributed by atoms with Crippen LogP contribution in [0.2, 0.25) is 0 Å². The molecule has 0 atom stereocenters. The molecule has 0 bridgehead atoms. The third kappa shape index (κ3) is 4.97. The van der Waals surface area contributed by atoms with Crippen LogP contribution in [0.1, 0.15) is 29.8 Å². The highest BCUT2D eigenvalue weighted by atomic mass is 16.5. The molecule has 0 saturated carbocycles. The highest BCUT2D eigenvalue weighted by molar-refractivity contribution is 6.32. The molecule has 32 heavy (non-hydrogen) atoms. The average Bonchev–Trinajstić information content (AvgIpc) is 3.08. The Hall–Kier alpha value is -3.65. The van der Waals surface area contributed by atoms with Gasteiger partial charge in [0.1, 0.15) is 0 Å². The van der Waals surface area contributed by atoms with Crippen LogP contribution in [0.5, 0.6) is 0 Å². The largest absolute Gasteiger partial charge is 0.462 e. The molecule has 168 valence electrons. The fourth-order valence-electron chi connectivity index (χ4n) is 3.45. The van der Waals surface area contributed by atoms with Crippen LogP contribution < -0.4 is 15.5 Å². The summed E-state index contributed by atoms with van der Waals surface area (Å²) in [5.74, 6) is -0.668. The summed E-state index contributed by atoms with van der Waals surface area (Å²) in [6, 6.07) is 12.4. The van der Waals surface area contributed by atoms with Crippen molar-refractivity contribution >= 4 is 40.4 Å². The molecule has 8 heteroatoms. The number of ether oxygens (including phenoxy) is 1. The molecule has 0 radical (unpaired) electrons. The number of carbonyl (C=O) groups excluding carboxylic acids is 3. The van der Waals surface area contributed by atoms with Crippen molar-refractivity contribution in [2.24, 2.45) is 0 Å². The van der Waals surface area contributed by atoms with Crippen molar-refractivity contribution in [3.8, 4) is 0 Å². The van der Waals surface area contributed by atoms with E-state index < -0.39 is 5.97 Å². The van der Waals surface area contributed by atoms with Crippen LogP contribution in [0.3, 0.4) is 0 Å². The van der Waals surface area contributed by atoms with Crippen molar-refractivity contribution in [2.45, 2.75) is 13.8 Å². The summed E-state index contributed by atoms with van der Waals surface area (Å²) >= 11 is 0. The molecule has 0 unspecified atom stereocenters. The number of esters is 1. The van der Waals surface area contributed by atoms with Crippen LogP contribution in [0.25, 0.3) is 5.57 Å². The van der Waals surface area contributed by atoms with Gasteiger partial charge in [-0.15, -0.1) is 0 Å².